The number of allylic oxidation sites excluding steroid dienone is 1. The molecule has 41 heavy (non-hydrogen) atoms. The number of aliphatic carboxylic acids is 1. The van der Waals surface area contributed by atoms with Crippen molar-refractivity contribution < 1.29 is 47.0 Å². The first-order chi connectivity index (χ1) is 19.4. The van der Waals surface area contributed by atoms with Gasteiger partial charge in [-0.25, -0.2) is 9.78 Å². The van der Waals surface area contributed by atoms with Gasteiger partial charge in [0.15, 0.2) is 22.3 Å². The van der Waals surface area contributed by atoms with Crippen molar-refractivity contribution in [3.8, 4) is 0 Å². The summed E-state index contributed by atoms with van der Waals surface area (Å²) in [7, 11) is 0. The predicted octanol–water partition coefficient (Wildman–Crippen LogP) is 1.13. The van der Waals surface area contributed by atoms with Crippen LogP contribution >= 0.6 is 11.3 Å². The Kier molecular flexibility index (Phi) is 7.63. The number of hydrogen-bond acceptors (Lipinski definition) is 10. The number of nitrogen functional groups attached to an aromatic ring is 1. The number of anilines is 1. The van der Waals surface area contributed by atoms with Gasteiger partial charge in [-0.3, -0.25) is 19.3 Å². The Morgan fingerprint density at radius 2 is 2.05 bits per heavy atom. The molecule has 5 rings (SSSR count). The maximum Gasteiger partial charge on any atom is 0.406 e. The molecule has 3 amide bonds. The lowest BCUT2D eigenvalue weighted by molar-refractivity contribution is -0.159. The van der Waals surface area contributed by atoms with Gasteiger partial charge in [0, 0.05) is 17.5 Å². The normalized spacial score (nSPS) is 24.5. The maximum absolute atomic E-state index is 13.2. The Labute approximate surface area is 234 Å². The number of alkyl halides is 3. The van der Waals surface area contributed by atoms with Crippen molar-refractivity contribution in [1.29, 1.82) is 0 Å². The zero-order valence-electron chi connectivity index (χ0n) is 21.3. The first kappa shape index (κ1) is 28.4. The lowest BCUT2D eigenvalue weighted by Gasteiger charge is -2.49. The predicted molar refractivity (Wildman–Crippen MR) is 135 cm³/mol. The largest absolute Gasteiger partial charge is 0.489 e. The Bertz CT molecular complexity index is 1370. The highest BCUT2D eigenvalue weighted by Crippen LogP contribution is 2.35. The van der Waals surface area contributed by atoms with Gasteiger partial charge in [0.1, 0.15) is 37.0 Å². The number of amides is 3. The van der Waals surface area contributed by atoms with Crippen LogP contribution < -0.4 is 11.1 Å². The fraction of sp³-hybridized carbons (Fsp3) is 0.500. The number of hydrogen-bond donors (Lipinski definition) is 3. The number of thiazole rings is 1. The van der Waals surface area contributed by atoms with Crippen molar-refractivity contribution in [2.75, 3.05) is 25.4 Å². The molecule has 4 aliphatic rings. The van der Waals surface area contributed by atoms with Gasteiger partial charge in [-0.1, -0.05) is 5.16 Å². The number of fused-ring (bicyclic) bond motifs is 1. The highest BCUT2D eigenvalue weighted by molar-refractivity contribution is 7.13. The summed E-state index contributed by atoms with van der Waals surface area (Å²) in [6.45, 7) is -1.88. The molecule has 2 atom stereocenters. The number of oxime groups is 1. The summed E-state index contributed by atoms with van der Waals surface area (Å²) in [6, 6.07) is -2.08. The molecule has 1 aliphatic carbocycles. The molecule has 17 heteroatoms. The number of halogens is 3. The van der Waals surface area contributed by atoms with E-state index in [1.807, 2.05) is 0 Å². The van der Waals surface area contributed by atoms with Crippen LogP contribution in [0, 0.1) is 0 Å². The van der Waals surface area contributed by atoms with Gasteiger partial charge in [-0.05, 0) is 38.2 Å². The summed E-state index contributed by atoms with van der Waals surface area (Å²) in [5.41, 5.74) is 4.99. The molecule has 1 aromatic heterocycles. The van der Waals surface area contributed by atoms with E-state index < -0.39 is 54.2 Å². The van der Waals surface area contributed by atoms with Crippen molar-refractivity contribution in [3.05, 3.63) is 34.2 Å². The summed E-state index contributed by atoms with van der Waals surface area (Å²) in [4.78, 5) is 61.9. The summed E-state index contributed by atoms with van der Waals surface area (Å²) < 4.78 is 43.8. The summed E-state index contributed by atoms with van der Waals surface area (Å²) in [5.74, 6) is -4.34. The number of carboxylic acids is 1. The summed E-state index contributed by atoms with van der Waals surface area (Å²) in [5, 5.41) is 18.1. The SMILES string of the molecule is Nc1nc(/C(=N/OC2CCCC2)C(=O)N[C@@H]2C(=O)N3C(C(=O)O)=C(/C=C4\CCN(CC(F)(F)F)C4=O)OC[C@H]23)cs1. The summed E-state index contributed by atoms with van der Waals surface area (Å²) in [6.07, 6.45) is -0.261. The molecular weight excluding hydrogens is 573 g/mol. The average Bonchev–Trinajstić information content (AvgIpc) is 3.65. The van der Waals surface area contributed by atoms with Crippen molar-refractivity contribution in [1.82, 2.24) is 20.1 Å². The molecule has 0 aromatic carbocycles. The molecule has 13 nitrogen and oxygen atoms in total. The topological polar surface area (TPSA) is 177 Å². The van der Waals surface area contributed by atoms with E-state index in [9.17, 15) is 37.5 Å². The number of rotatable bonds is 8. The second-order valence-electron chi connectivity index (χ2n) is 9.84. The second-order valence-corrected chi connectivity index (χ2v) is 10.7. The number of nitrogens with two attached hydrogens (primary N) is 1. The average molecular weight is 599 g/mol. The zero-order valence-corrected chi connectivity index (χ0v) is 22.2. The third-order valence-electron chi connectivity index (χ3n) is 7.06. The highest BCUT2D eigenvalue weighted by atomic mass is 32.1. The van der Waals surface area contributed by atoms with Crippen LogP contribution in [0.4, 0.5) is 18.3 Å². The number of aromatic nitrogens is 1. The number of carbonyl (C=O) groups excluding carboxylic acids is 3. The molecule has 0 radical (unpaired) electrons. The van der Waals surface area contributed by atoms with Crippen LogP contribution in [0.25, 0.3) is 0 Å². The number of carbonyl (C=O) groups is 4. The minimum atomic E-state index is -4.59. The molecule has 1 aromatic rings. The third kappa shape index (κ3) is 5.84. The molecule has 3 fully saturated rings. The van der Waals surface area contributed by atoms with Crippen LogP contribution in [-0.2, 0) is 28.8 Å². The zero-order chi connectivity index (χ0) is 29.5. The number of ether oxygens (including phenoxy) is 1. The van der Waals surface area contributed by atoms with Gasteiger partial charge in [0.2, 0.25) is 5.91 Å². The highest BCUT2D eigenvalue weighted by Gasteiger charge is 2.55. The van der Waals surface area contributed by atoms with Crippen LogP contribution in [0.15, 0.2) is 33.6 Å². The Morgan fingerprint density at radius 3 is 2.68 bits per heavy atom. The van der Waals surface area contributed by atoms with Crippen molar-refractivity contribution in [3.63, 3.8) is 0 Å². The number of likely N-dealkylation sites (tertiary alicyclic amines) is 1. The monoisotopic (exact) mass is 598 g/mol. The van der Waals surface area contributed by atoms with E-state index in [2.05, 4.69) is 15.5 Å². The fourth-order valence-corrected chi connectivity index (χ4v) is 5.64. The molecule has 0 unspecified atom stereocenters. The van der Waals surface area contributed by atoms with Crippen molar-refractivity contribution in [2.45, 2.75) is 56.5 Å². The van der Waals surface area contributed by atoms with Crippen LogP contribution in [0.2, 0.25) is 0 Å². The molecular formula is C24H25F3N6O7S. The quantitative estimate of drug-likeness (QED) is 0.171. The van der Waals surface area contributed by atoms with Crippen LogP contribution in [0.3, 0.4) is 0 Å². The molecule has 0 bridgehead atoms. The minimum Gasteiger partial charge on any atom is -0.489 e. The van der Waals surface area contributed by atoms with Crippen molar-refractivity contribution >= 4 is 45.9 Å². The van der Waals surface area contributed by atoms with Crippen molar-refractivity contribution in [2.24, 2.45) is 5.16 Å². The van der Waals surface area contributed by atoms with Gasteiger partial charge < -0.3 is 30.6 Å². The van der Waals surface area contributed by atoms with E-state index in [4.69, 9.17) is 15.3 Å². The smallest absolute Gasteiger partial charge is 0.406 e. The maximum atomic E-state index is 13.2. The third-order valence-corrected chi connectivity index (χ3v) is 7.73. The first-order valence-corrected chi connectivity index (χ1v) is 13.6. The second kappa shape index (κ2) is 11.0. The molecule has 0 spiro atoms. The number of β-lactam (4-membered cyclic amide) rings is 1. The van der Waals surface area contributed by atoms with E-state index in [0.29, 0.717) is 4.90 Å². The van der Waals surface area contributed by atoms with E-state index >= 15 is 0 Å². The Balaban J connectivity index is 1.32. The Hall–Kier alpha value is -4.15. The number of nitrogens with one attached hydrogen (secondary N) is 1. The van der Waals surface area contributed by atoms with E-state index in [0.717, 1.165) is 48.0 Å². The molecule has 1 saturated carbocycles. The Morgan fingerprint density at radius 1 is 1.32 bits per heavy atom. The van der Waals surface area contributed by atoms with Crippen LogP contribution in [0.5, 0.6) is 0 Å². The minimum absolute atomic E-state index is 0.0586. The molecule has 4 heterocycles. The molecule has 220 valence electrons. The van der Waals surface area contributed by atoms with Gasteiger partial charge in [0.05, 0.1) is 0 Å². The van der Waals surface area contributed by atoms with Crippen LogP contribution in [-0.4, -0.2) is 93.4 Å². The lowest BCUT2D eigenvalue weighted by atomic mass is 9.92. The molecule has 2 saturated heterocycles. The number of nitrogens with zero attached hydrogens (tertiary/aromatic N) is 4. The molecule has 3 aliphatic heterocycles. The van der Waals surface area contributed by atoms with Crippen LogP contribution in [0.1, 0.15) is 37.8 Å². The van der Waals surface area contributed by atoms with Gasteiger partial charge in [-0.2, -0.15) is 13.2 Å². The van der Waals surface area contributed by atoms with Gasteiger partial charge in [0.25, 0.3) is 11.8 Å². The van der Waals surface area contributed by atoms with E-state index in [-0.39, 0.29) is 53.5 Å². The lowest BCUT2D eigenvalue weighted by Crippen LogP contribution is -2.73. The summed E-state index contributed by atoms with van der Waals surface area (Å²) >= 11 is 1.08. The fourth-order valence-electron chi connectivity index (χ4n) is 5.09. The standard InChI is InChI=1S/C24H25F3N6O7S/c25-24(26,27)10-32-6-5-11(20(32)35)7-15-18(22(37)38)33-14(8-39-15)17(21(33)36)30-19(34)16(13-9-41-23(28)29-13)31-40-12-3-1-2-4-12/h7,9,12,14,17H,1-6,8,10H2,(H2,28,29)(H,30,34)(H,37,38)/b11-7+,31-16-/t14-,17+/m1/s1. The van der Waals surface area contributed by atoms with Gasteiger partial charge >= 0.3 is 12.1 Å². The molecule has 4 N–H and O–H groups in total. The van der Waals surface area contributed by atoms with E-state index in [1.165, 1.54) is 5.38 Å². The van der Waals surface area contributed by atoms with Gasteiger partial charge in [-0.15, -0.1) is 11.3 Å². The first-order valence-electron chi connectivity index (χ1n) is 12.7. The number of carboxylic acid groups (broad SMARTS) is 1. The van der Waals surface area contributed by atoms with E-state index in [1.54, 1.807) is 0 Å².